The molecule has 2 heterocycles. The van der Waals surface area contributed by atoms with Gasteiger partial charge in [0.15, 0.2) is 0 Å². The summed E-state index contributed by atoms with van der Waals surface area (Å²) in [6.07, 6.45) is 0. The van der Waals surface area contributed by atoms with Crippen molar-refractivity contribution in [2.75, 3.05) is 0 Å². The van der Waals surface area contributed by atoms with E-state index in [0.717, 1.165) is 0 Å². The Labute approximate surface area is 164 Å². The first-order valence-electron chi connectivity index (χ1n) is 9.67. The molecule has 0 N–H and O–H groups in total. The fourth-order valence-corrected chi connectivity index (χ4v) is 4.69. The summed E-state index contributed by atoms with van der Waals surface area (Å²) in [6, 6.07) is 30.9. The SMILES string of the molecule is Bn1c2ccccc2c2cc(-c3ccc4c(c3)c3ccccc3n4B)ccc21. The predicted octanol–water partition coefficient (Wildman–Crippen LogP) is 4.36. The molecule has 0 unspecified atom stereocenters. The van der Waals surface area contributed by atoms with Crippen LogP contribution in [0.4, 0.5) is 0 Å². The number of rotatable bonds is 1. The van der Waals surface area contributed by atoms with E-state index in [2.05, 4.69) is 110 Å². The Bertz CT molecular complexity index is 1420. The van der Waals surface area contributed by atoms with Gasteiger partial charge in [-0.25, -0.2) is 0 Å². The molecule has 4 heteroatoms. The highest BCUT2D eigenvalue weighted by Crippen LogP contribution is 2.35. The predicted molar refractivity (Wildman–Crippen MR) is 126 cm³/mol. The zero-order valence-electron chi connectivity index (χ0n) is 16.0. The quantitative estimate of drug-likeness (QED) is 0.388. The van der Waals surface area contributed by atoms with Crippen molar-refractivity contribution in [3.63, 3.8) is 0 Å². The van der Waals surface area contributed by atoms with E-state index < -0.39 is 0 Å². The molecule has 0 fully saturated rings. The lowest BCUT2D eigenvalue weighted by Crippen LogP contribution is -1.90. The van der Waals surface area contributed by atoms with Crippen LogP contribution in [0.1, 0.15) is 0 Å². The Balaban J connectivity index is 1.63. The van der Waals surface area contributed by atoms with Crippen molar-refractivity contribution < 1.29 is 0 Å². The maximum absolute atomic E-state index is 2.34. The van der Waals surface area contributed by atoms with Gasteiger partial charge in [-0.3, -0.25) is 0 Å². The van der Waals surface area contributed by atoms with Crippen molar-refractivity contribution in [3.05, 3.63) is 84.9 Å². The van der Waals surface area contributed by atoms with E-state index in [9.17, 15) is 0 Å². The van der Waals surface area contributed by atoms with Crippen LogP contribution in [0.2, 0.25) is 0 Å². The molecular formula is C24H18B2N2. The van der Waals surface area contributed by atoms with Crippen LogP contribution in [-0.2, 0) is 0 Å². The lowest BCUT2D eigenvalue weighted by atomic mass is 10.0. The molecule has 0 saturated heterocycles. The Morgan fingerprint density at radius 2 is 0.821 bits per heavy atom. The van der Waals surface area contributed by atoms with Gasteiger partial charge < -0.3 is 8.96 Å². The van der Waals surface area contributed by atoms with Gasteiger partial charge >= 0.3 is 0 Å². The molecule has 0 spiro atoms. The van der Waals surface area contributed by atoms with E-state index >= 15 is 0 Å². The summed E-state index contributed by atoms with van der Waals surface area (Å²) in [5, 5.41) is 5.25. The van der Waals surface area contributed by atoms with Gasteiger partial charge in [-0.05, 0) is 47.5 Å². The van der Waals surface area contributed by atoms with Gasteiger partial charge in [0.2, 0.25) is 16.0 Å². The molecule has 0 bridgehead atoms. The average molecular weight is 356 g/mol. The number of fused-ring (bicyclic) bond motifs is 6. The topological polar surface area (TPSA) is 9.86 Å². The summed E-state index contributed by atoms with van der Waals surface area (Å²) < 4.78 is 4.56. The van der Waals surface area contributed by atoms with Crippen molar-refractivity contribution in [1.29, 1.82) is 0 Å². The highest BCUT2D eigenvalue weighted by molar-refractivity contribution is 6.23. The summed E-state index contributed by atoms with van der Waals surface area (Å²) in [5.74, 6) is 0. The first-order valence-corrected chi connectivity index (χ1v) is 9.67. The van der Waals surface area contributed by atoms with Crippen LogP contribution in [0.25, 0.3) is 54.7 Å². The van der Waals surface area contributed by atoms with Gasteiger partial charge in [-0.2, -0.15) is 0 Å². The molecule has 0 saturated carbocycles. The smallest absolute Gasteiger partial charge is 0.223 e. The largest absolute Gasteiger partial charge is 0.393 e. The zero-order chi connectivity index (χ0) is 18.8. The molecule has 2 nitrogen and oxygen atoms in total. The van der Waals surface area contributed by atoms with Gasteiger partial charge in [0.1, 0.15) is 0 Å². The van der Waals surface area contributed by atoms with E-state index in [1.165, 1.54) is 54.7 Å². The summed E-state index contributed by atoms with van der Waals surface area (Å²) in [7, 11) is 4.29. The van der Waals surface area contributed by atoms with Gasteiger partial charge in [0.25, 0.3) is 0 Å². The molecule has 28 heavy (non-hydrogen) atoms. The first-order chi connectivity index (χ1) is 13.7. The van der Waals surface area contributed by atoms with E-state index in [-0.39, 0.29) is 0 Å². The van der Waals surface area contributed by atoms with Crippen molar-refractivity contribution in [2.45, 2.75) is 0 Å². The molecule has 0 aliphatic heterocycles. The van der Waals surface area contributed by atoms with Crippen LogP contribution in [-0.4, -0.2) is 24.9 Å². The minimum Gasteiger partial charge on any atom is -0.393 e. The van der Waals surface area contributed by atoms with Gasteiger partial charge in [0, 0.05) is 43.6 Å². The monoisotopic (exact) mass is 356 g/mol. The average Bonchev–Trinajstić information content (AvgIpc) is 3.20. The third kappa shape index (κ3) is 2.00. The van der Waals surface area contributed by atoms with E-state index in [0.29, 0.717) is 0 Å². The van der Waals surface area contributed by atoms with Gasteiger partial charge in [-0.1, -0.05) is 48.5 Å². The third-order valence-electron chi connectivity index (χ3n) is 6.16. The Kier molecular flexibility index (Phi) is 3.10. The Hall–Kier alpha value is -3.39. The second-order valence-corrected chi connectivity index (χ2v) is 7.62. The number of hydrogen-bond acceptors (Lipinski definition) is 0. The molecule has 0 radical (unpaired) electrons. The standard InChI is InChI=1S/C24H18B2N2/c25-27-21-7-3-1-5-17(21)19-13-15(9-11-23(19)27)16-10-12-24-20(14-16)18-6-2-4-8-22(18)28(24)26/h1-14H,25-26H2. The normalized spacial score (nSPS) is 11.9. The summed E-state index contributed by atoms with van der Waals surface area (Å²) in [4.78, 5) is 0. The lowest BCUT2D eigenvalue weighted by molar-refractivity contribution is 1.39. The summed E-state index contributed by atoms with van der Waals surface area (Å²) in [6.45, 7) is 0. The molecule has 130 valence electrons. The second kappa shape index (κ2) is 5.56. The highest BCUT2D eigenvalue weighted by atomic mass is 14.9. The summed E-state index contributed by atoms with van der Waals surface area (Å²) >= 11 is 0. The van der Waals surface area contributed by atoms with Crippen molar-refractivity contribution in [1.82, 2.24) is 8.96 Å². The molecule has 0 atom stereocenters. The minimum absolute atomic E-state index is 1.26. The van der Waals surface area contributed by atoms with Crippen LogP contribution >= 0.6 is 0 Å². The highest BCUT2D eigenvalue weighted by Gasteiger charge is 2.11. The molecule has 0 amide bonds. The second-order valence-electron chi connectivity index (χ2n) is 7.62. The first kappa shape index (κ1) is 15.6. The summed E-state index contributed by atoms with van der Waals surface area (Å²) in [5.41, 5.74) is 7.63. The number of hydrogen-bond donors (Lipinski definition) is 0. The zero-order valence-corrected chi connectivity index (χ0v) is 16.0. The van der Waals surface area contributed by atoms with Crippen molar-refractivity contribution >= 4 is 59.6 Å². The van der Waals surface area contributed by atoms with Gasteiger partial charge in [-0.15, -0.1) is 0 Å². The number of aromatic nitrogens is 2. The molecule has 0 aliphatic carbocycles. The number of benzene rings is 4. The molecular weight excluding hydrogens is 338 g/mol. The molecule has 2 aromatic heterocycles. The minimum atomic E-state index is 1.26. The number of nitrogens with zero attached hydrogens (tertiary/aromatic N) is 2. The van der Waals surface area contributed by atoms with Gasteiger partial charge in [0.05, 0.1) is 0 Å². The maximum Gasteiger partial charge on any atom is 0.223 e. The molecule has 4 aromatic carbocycles. The lowest BCUT2D eigenvalue weighted by Gasteiger charge is -2.05. The van der Waals surface area contributed by atoms with Crippen molar-refractivity contribution in [3.8, 4) is 11.1 Å². The molecule has 6 rings (SSSR count). The maximum atomic E-state index is 2.34. The van der Waals surface area contributed by atoms with Crippen LogP contribution < -0.4 is 0 Å². The molecule has 0 aliphatic rings. The van der Waals surface area contributed by atoms with Crippen LogP contribution in [0.15, 0.2) is 84.9 Å². The van der Waals surface area contributed by atoms with Crippen LogP contribution in [0.3, 0.4) is 0 Å². The van der Waals surface area contributed by atoms with Crippen LogP contribution in [0.5, 0.6) is 0 Å². The van der Waals surface area contributed by atoms with E-state index in [4.69, 9.17) is 0 Å². The Morgan fingerprint density at radius 1 is 0.429 bits per heavy atom. The molecule has 6 aromatic rings. The fraction of sp³-hybridized carbons (Fsp3) is 0. The van der Waals surface area contributed by atoms with Crippen LogP contribution in [0, 0.1) is 0 Å². The van der Waals surface area contributed by atoms with Crippen molar-refractivity contribution in [2.24, 2.45) is 0 Å². The van der Waals surface area contributed by atoms with E-state index in [1.807, 2.05) is 0 Å². The Morgan fingerprint density at radius 3 is 1.29 bits per heavy atom. The third-order valence-corrected chi connectivity index (χ3v) is 6.16. The fourth-order valence-electron chi connectivity index (χ4n) is 4.69. The number of para-hydroxylation sites is 2. The van der Waals surface area contributed by atoms with E-state index in [1.54, 1.807) is 0 Å².